The quantitative estimate of drug-likeness (QED) is 0.659. The number of nitrogens with zero attached hydrogens (tertiary/aromatic N) is 1. The van der Waals surface area contributed by atoms with Crippen molar-refractivity contribution in [2.24, 2.45) is 0 Å². The minimum absolute atomic E-state index is 0. The van der Waals surface area contributed by atoms with E-state index in [4.69, 9.17) is 11.6 Å². The Kier molecular flexibility index (Phi) is 3.95. The van der Waals surface area contributed by atoms with E-state index in [1.807, 2.05) is 35.0 Å². The first-order valence-electron chi connectivity index (χ1n) is 4.22. The van der Waals surface area contributed by atoms with Crippen LogP contribution in [-0.4, -0.2) is 5.11 Å². The largest absolute Gasteiger partial charge is 1.00 e. The third kappa shape index (κ3) is 2.85. The lowest BCUT2D eigenvalue weighted by Crippen LogP contribution is -3.00. The van der Waals surface area contributed by atoms with Gasteiger partial charge in [-0.25, -0.2) is 0 Å². The Morgan fingerprint density at radius 2 is 1.73 bits per heavy atom. The van der Waals surface area contributed by atoms with Crippen LogP contribution in [0.15, 0.2) is 48.8 Å². The molecule has 0 aliphatic carbocycles. The molecule has 1 aromatic carbocycles. The lowest BCUT2D eigenvalue weighted by Gasteiger charge is -1.95. The van der Waals surface area contributed by atoms with Crippen molar-refractivity contribution in [1.29, 1.82) is 0 Å². The van der Waals surface area contributed by atoms with Crippen molar-refractivity contribution in [2.75, 3.05) is 0 Å². The number of pyridine rings is 1. The topological polar surface area (TPSA) is 24.1 Å². The molecule has 0 radical (unpaired) electrons. The van der Waals surface area contributed by atoms with E-state index in [2.05, 4.69) is 0 Å². The maximum Gasteiger partial charge on any atom is 0.216 e. The van der Waals surface area contributed by atoms with Crippen LogP contribution in [0, 0.1) is 0 Å². The van der Waals surface area contributed by atoms with Crippen LogP contribution in [0.1, 0.15) is 0 Å². The Morgan fingerprint density at radius 1 is 1.07 bits per heavy atom. The van der Waals surface area contributed by atoms with Gasteiger partial charge in [0, 0.05) is 23.2 Å². The van der Waals surface area contributed by atoms with Gasteiger partial charge in [0.25, 0.3) is 0 Å². The van der Waals surface area contributed by atoms with Crippen LogP contribution in [0.2, 0.25) is 5.02 Å². The molecule has 2 nitrogen and oxygen atoms in total. The fourth-order valence-electron chi connectivity index (χ4n) is 1.24. The standard InChI is InChI=1S/C11H8ClNO.ClH/c12-9-3-5-10(6-4-9)13-7-1-2-11(14)8-13;/h1-8H;1H. The molecule has 0 atom stereocenters. The lowest BCUT2D eigenvalue weighted by atomic mass is 10.3. The number of hydrogen-bond donors (Lipinski definition) is 1. The van der Waals surface area contributed by atoms with Crippen LogP contribution in [0.25, 0.3) is 5.69 Å². The molecule has 2 aromatic rings. The minimum Gasteiger partial charge on any atom is -1.00 e. The van der Waals surface area contributed by atoms with Crippen LogP contribution in [0.4, 0.5) is 0 Å². The summed E-state index contributed by atoms with van der Waals surface area (Å²) in [6.07, 6.45) is 3.51. The molecule has 0 fully saturated rings. The van der Waals surface area contributed by atoms with Crippen LogP contribution >= 0.6 is 11.6 Å². The third-order valence-electron chi connectivity index (χ3n) is 1.91. The van der Waals surface area contributed by atoms with Crippen LogP contribution < -0.4 is 17.0 Å². The van der Waals surface area contributed by atoms with Crippen LogP contribution in [-0.2, 0) is 0 Å². The monoisotopic (exact) mass is 241 g/mol. The van der Waals surface area contributed by atoms with Crippen molar-refractivity contribution >= 4 is 11.6 Å². The molecule has 0 saturated heterocycles. The first-order chi connectivity index (χ1) is 6.75. The summed E-state index contributed by atoms with van der Waals surface area (Å²) in [7, 11) is 0. The number of aromatic hydroxyl groups is 1. The smallest absolute Gasteiger partial charge is 0.216 e. The third-order valence-corrected chi connectivity index (χ3v) is 2.16. The number of aromatic nitrogens is 1. The fourth-order valence-corrected chi connectivity index (χ4v) is 1.36. The molecule has 1 N–H and O–H groups in total. The van der Waals surface area contributed by atoms with E-state index in [0.717, 1.165) is 5.69 Å². The Morgan fingerprint density at radius 3 is 2.33 bits per heavy atom. The van der Waals surface area contributed by atoms with Gasteiger partial charge in [-0.05, 0) is 18.2 Å². The molecule has 1 heterocycles. The summed E-state index contributed by atoms with van der Waals surface area (Å²) in [5, 5.41) is 9.99. The summed E-state index contributed by atoms with van der Waals surface area (Å²) in [4.78, 5) is 0. The SMILES string of the molecule is Oc1ccc[n+](-c2ccc(Cl)cc2)c1.[Cl-]. The molecule has 0 bridgehead atoms. The van der Waals surface area contributed by atoms with Gasteiger partial charge in [-0.3, -0.25) is 0 Å². The summed E-state index contributed by atoms with van der Waals surface area (Å²) in [5.74, 6) is 0.238. The summed E-state index contributed by atoms with van der Waals surface area (Å²) < 4.78 is 1.83. The molecule has 0 unspecified atom stereocenters. The van der Waals surface area contributed by atoms with Gasteiger partial charge in [0.15, 0.2) is 11.9 Å². The zero-order valence-electron chi connectivity index (χ0n) is 7.77. The molecular formula is C11H9Cl2NO. The normalized spacial score (nSPS) is 9.40. The van der Waals surface area contributed by atoms with Crippen molar-refractivity contribution in [3.63, 3.8) is 0 Å². The highest BCUT2D eigenvalue weighted by atomic mass is 35.5. The highest BCUT2D eigenvalue weighted by molar-refractivity contribution is 6.30. The van der Waals surface area contributed by atoms with Gasteiger partial charge in [-0.1, -0.05) is 11.6 Å². The van der Waals surface area contributed by atoms with Crippen molar-refractivity contribution in [3.8, 4) is 11.4 Å². The van der Waals surface area contributed by atoms with Gasteiger partial charge in [-0.2, -0.15) is 4.57 Å². The predicted octanol–water partition coefficient (Wildman–Crippen LogP) is -0.674. The maximum atomic E-state index is 9.28. The van der Waals surface area contributed by atoms with E-state index < -0.39 is 0 Å². The Balaban J connectivity index is 0.00000112. The lowest BCUT2D eigenvalue weighted by molar-refractivity contribution is -0.596. The average Bonchev–Trinajstić information content (AvgIpc) is 2.19. The molecule has 1 aromatic heterocycles. The van der Waals surface area contributed by atoms with Crippen molar-refractivity contribution in [3.05, 3.63) is 53.8 Å². The van der Waals surface area contributed by atoms with Gasteiger partial charge in [0.2, 0.25) is 11.9 Å². The van der Waals surface area contributed by atoms with Crippen LogP contribution in [0.5, 0.6) is 5.75 Å². The number of rotatable bonds is 1. The molecule has 0 spiro atoms. The van der Waals surface area contributed by atoms with Gasteiger partial charge < -0.3 is 17.5 Å². The first-order valence-corrected chi connectivity index (χ1v) is 4.60. The first kappa shape index (κ1) is 11.8. The zero-order chi connectivity index (χ0) is 9.97. The summed E-state index contributed by atoms with van der Waals surface area (Å²) in [5.41, 5.74) is 0.963. The molecule has 2 rings (SSSR count). The molecule has 15 heavy (non-hydrogen) atoms. The molecule has 0 saturated carbocycles. The molecule has 0 aliphatic heterocycles. The fraction of sp³-hybridized carbons (Fsp3) is 0. The summed E-state index contributed by atoms with van der Waals surface area (Å²) in [6.45, 7) is 0. The van der Waals surface area contributed by atoms with Gasteiger partial charge in [0.1, 0.15) is 0 Å². The van der Waals surface area contributed by atoms with Crippen molar-refractivity contribution in [1.82, 2.24) is 0 Å². The van der Waals surface area contributed by atoms with E-state index in [1.54, 1.807) is 18.3 Å². The Hall–Kier alpha value is -1.25. The Bertz CT molecular complexity index is 443. The zero-order valence-corrected chi connectivity index (χ0v) is 9.28. The maximum absolute atomic E-state index is 9.28. The van der Waals surface area contributed by atoms with E-state index >= 15 is 0 Å². The van der Waals surface area contributed by atoms with Crippen molar-refractivity contribution in [2.45, 2.75) is 0 Å². The number of halogens is 2. The Labute approximate surface area is 99.2 Å². The second-order valence-electron chi connectivity index (χ2n) is 2.95. The van der Waals surface area contributed by atoms with Gasteiger partial charge in [0.05, 0.1) is 0 Å². The summed E-state index contributed by atoms with van der Waals surface area (Å²) >= 11 is 5.77. The number of hydrogen-bond acceptors (Lipinski definition) is 1. The van der Waals surface area contributed by atoms with Gasteiger partial charge in [-0.15, -0.1) is 0 Å². The average molecular weight is 242 g/mol. The van der Waals surface area contributed by atoms with E-state index in [0.29, 0.717) is 5.02 Å². The van der Waals surface area contributed by atoms with Gasteiger partial charge >= 0.3 is 0 Å². The second-order valence-corrected chi connectivity index (χ2v) is 3.38. The molecule has 78 valence electrons. The molecule has 0 aliphatic rings. The minimum atomic E-state index is 0. The van der Waals surface area contributed by atoms with E-state index in [9.17, 15) is 5.11 Å². The van der Waals surface area contributed by atoms with Crippen LogP contribution in [0.3, 0.4) is 0 Å². The van der Waals surface area contributed by atoms with E-state index in [1.165, 1.54) is 0 Å². The highest BCUT2D eigenvalue weighted by Gasteiger charge is 2.05. The van der Waals surface area contributed by atoms with E-state index in [-0.39, 0.29) is 18.2 Å². The second kappa shape index (κ2) is 5.01. The molecule has 4 heteroatoms. The number of benzene rings is 1. The molecular weight excluding hydrogens is 233 g/mol. The predicted molar refractivity (Wildman–Crippen MR) is 54.6 cm³/mol. The summed E-state index contributed by atoms with van der Waals surface area (Å²) in [6, 6.07) is 10.8. The van der Waals surface area contributed by atoms with Crippen molar-refractivity contribution < 1.29 is 22.1 Å². The highest BCUT2D eigenvalue weighted by Crippen LogP contribution is 2.10. The molecule has 0 amide bonds.